The lowest BCUT2D eigenvalue weighted by molar-refractivity contribution is -0.117. The summed E-state index contributed by atoms with van der Waals surface area (Å²) in [5.41, 5.74) is 0.814. The molecule has 0 radical (unpaired) electrons. The standard InChI is InChI=1S/C16H19BrN4O2/c1-11-18-16(23-20-11)12-6-8-21(9-7-12)10-15(22)19-14-4-2-13(17)3-5-14/h2-5,12H,6-10H2,1H3,(H,19,22). The fourth-order valence-corrected chi connectivity index (χ4v) is 3.02. The summed E-state index contributed by atoms with van der Waals surface area (Å²) in [5.74, 6) is 1.72. The summed E-state index contributed by atoms with van der Waals surface area (Å²) in [4.78, 5) is 18.6. The van der Waals surface area contributed by atoms with E-state index in [0.29, 0.717) is 18.3 Å². The van der Waals surface area contributed by atoms with Crippen LogP contribution in [-0.2, 0) is 4.79 Å². The number of nitrogens with zero attached hydrogens (tertiary/aromatic N) is 3. The third kappa shape index (κ3) is 4.39. The molecule has 122 valence electrons. The van der Waals surface area contributed by atoms with Gasteiger partial charge in [0.25, 0.3) is 0 Å². The Bertz CT molecular complexity index is 663. The van der Waals surface area contributed by atoms with E-state index in [4.69, 9.17) is 4.52 Å². The van der Waals surface area contributed by atoms with Crippen molar-refractivity contribution in [2.75, 3.05) is 25.0 Å². The SMILES string of the molecule is Cc1noc(C2CCN(CC(=O)Nc3ccc(Br)cc3)CC2)n1. The zero-order valence-electron chi connectivity index (χ0n) is 13.0. The Kier molecular flexibility index (Phi) is 5.07. The summed E-state index contributed by atoms with van der Waals surface area (Å²) in [6.45, 7) is 3.96. The van der Waals surface area contributed by atoms with Crippen molar-refractivity contribution in [1.82, 2.24) is 15.0 Å². The maximum Gasteiger partial charge on any atom is 0.238 e. The first kappa shape index (κ1) is 16.1. The molecule has 23 heavy (non-hydrogen) atoms. The van der Waals surface area contributed by atoms with Gasteiger partial charge in [0.2, 0.25) is 11.8 Å². The number of amides is 1. The van der Waals surface area contributed by atoms with Gasteiger partial charge in [0, 0.05) is 16.1 Å². The number of piperidine rings is 1. The minimum absolute atomic E-state index is 0.0133. The van der Waals surface area contributed by atoms with E-state index in [2.05, 4.69) is 36.3 Å². The van der Waals surface area contributed by atoms with Crippen LogP contribution in [0.4, 0.5) is 5.69 Å². The Balaban J connectivity index is 1.46. The number of aromatic nitrogens is 2. The maximum absolute atomic E-state index is 12.1. The molecule has 1 N–H and O–H groups in total. The number of aryl methyl sites for hydroxylation is 1. The zero-order chi connectivity index (χ0) is 16.2. The molecular formula is C16H19BrN4O2. The van der Waals surface area contributed by atoms with Crippen LogP contribution in [0.25, 0.3) is 0 Å². The number of halogens is 1. The Morgan fingerprint density at radius 3 is 2.65 bits per heavy atom. The first-order valence-corrected chi connectivity index (χ1v) is 8.47. The van der Waals surface area contributed by atoms with Crippen LogP contribution in [0, 0.1) is 6.92 Å². The zero-order valence-corrected chi connectivity index (χ0v) is 14.5. The third-order valence-corrected chi connectivity index (χ3v) is 4.50. The van der Waals surface area contributed by atoms with E-state index in [1.54, 1.807) is 0 Å². The van der Waals surface area contributed by atoms with Crippen molar-refractivity contribution >= 4 is 27.5 Å². The van der Waals surface area contributed by atoms with Crippen molar-refractivity contribution in [3.63, 3.8) is 0 Å². The van der Waals surface area contributed by atoms with E-state index in [-0.39, 0.29) is 5.91 Å². The van der Waals surface area contributed by atoms with Gasteiger partial charge in [-0.15, -0.1) is 0 Å². The van der Waals surface area contributed by atoms with Crippen LogP contribution < -0.4 is 5.32 Å². The first-order chi connectivity index (χ1) is 11.1. The van der Waals surface area contributed by atoms with Crippen molar-refractivity contribution in [1.29, 1.82) is 0 Å². The van der Waals surface area contributed by atoms with Crippen LogP contribution in [0.3, 0.4) is 0 Å². The second kappa shape index (κ2) is 7.23. The van der Waals surface area contributed by atoms with Gasteiger partial charge in [-0.3, -0.25) is 9.69 Å². The summed E-state index contributed by atoms with van der Waals surface area (Å²) in [6.07, 6.45) is 1.88. The molecule has 0 unspecified atom stereocenters. The number of benzene rings is 1. The molecule has 3 rings (SSSR count). The van der Waals surface area contributed by atoms with Crippen molar-refractivity contribution in [2.24, 2.45) is 0 Å². The summed E-state index contributed by atoms with van der Waals surface area (Å²) < 4.78 is 6.24. The highest BCUT2D eigenvalue weighted by Crippen LogP contribution is 2.26. The van der Waals surface area contributed by atoms with Crippen LogP contribution in [-0.4, -0.2) is 40.6 Å². The molecule has 7 heteroatoms. The molecule has 1 aliphatic rings. The highest BCUT2D eigenvalue weighted by molar-refractivity contribution is 9.10. The van der Waals surface area contributed by atoms with E-state index >= 15 is 0 Å². The molecule has 1 amide bonds. The van der Waals surface area contributed by atoms with Gasteiger partial charge in [-0.25, -0.2) is 0 Å². The molecule has 6 nitrogen and oxygen atoms in total. The second-order valence-electron chi connectivity index (χ2n) is 5.79. The molecule has 1 aromatic carbocycles. The monoisotopic (exact) mass is 378 g/mol. The van der Waals surface area contributed by atoms with Gasteiger partial charge in [-0.1, -0.05) is 21.1 Å². The topological polar surface area (TPSA) is 71.3 Å². The van der Waals surface area contributed by atoms with Gasteiger partial charge >= 0.3 is 0 Å². The van der Waals surface area contributed by atoms with Crippen molar-refractivity contribution < 1.29 is 9.32 Å². The highest BCUT2D eigenvalue weighted by atomic mass is 79.9. The molecule has 2 heterocycles. The van der Waals surface area contributed by atoms with Gasteiger partial charge < -0.3 is 9.84 Å². The quantitative estimate of drug-likeness (QED) is 0.885. The van der Waals surface area contributed by atoms with Gasteiger partial charge in [0.1, 0.15) is 0 Å². The average molecular weight is 379 g/mol. The summed E-state index contributed by atoms with van der Waals surface area (Å²) in [5, 5.41) is 6.77. The predicted octanol–water partition coefficient (Wildman–Crippen LogP) is 2.96. The highest BCUT2D eigenvalue weighted by Gasteiger charge is 2.25. The lowest BCUT2D eigenvalue weighted by Crippen LogP contribution is -2.38. The van der Waals surface area contributed by atoms with Gasteiger partial charge in [-0.2, -0.15) is 4.98 Å². The van der Waals surface area contributed by atoms with Crippen molar-refractivity contribution in [2.45, 2.75) is 25.7 Å². The number of nitrogens with one attached hydrogen (secondary N) is 1. The Morgan fingerprint density at radius 2 is 2.04 bits per heavy atom. The van der Waals surface area contributed by atoms with Gasteiger partial charge in [0.05, 0.1) is 6.54 Å². The van der Waals surface area contributed by atoms with Crippen LogP contribution in [0.15, 0.2) is 33.3 Å². The van der Waals surface area contributed by atoms with Gasteiger partial charge in [-0.05, 0) is 57.1 Å². The van der Waals surface area contributed by atoms with Crippen molar-refractivity contribution in [3.8, 4) is 0 Å². The molecule has 1 aromatic heterocycles. The van der Waals surface area contributed by atoms with E-state index in [0.717, 1.165) is 42.0 Å². The van der Waals surface area contributed by atoms with E-state index in [1.165, 1.54) is 0 Å². The van der Waals surface area contributed by atoms with E-state index < -0.39 is 0 Å². The lowest BCUT2D eigenvalue weighted by Gasteiger charge is -2.29. The smallest absolute Gasteiger partial charge is 0.238 e. The Morgan fingerprint density at radius 1 is 1.35 bits per heavy atom. The number of rotatable bonds is 4. The molecule has 0 spiro atoms. The number of hydrogen-bond acceptors (Lipinski definition) is 5. The summed E-state index contributed by atoms with van der Waals surface area (Å²) >= 11 is 3.38. The van der Waals surface area contributed by atoms with E-state index in [9.17, 15) is 4.79 Å². The molecule has 1 fully saturated rings. The molecular weight excluding hydrogens is 360 g/mol. The Hall–Kier alpha value is -1.73. The number of carbonyl (C=O) groups excluding carboxylic acids is 1. The van der Waals surface area contributed by atoms with Crippen LogP contribution >= 0.6 is 15.9 Å². The third-order valence-electron chi connectivity index (χ3n) is 3.98. The fraction of sp³-hybridized carbons (Fsp3) is 0.438. The van der Waals surface area contributed by atoms with Gasteiger partial charge in [0.15, 0.2) is 5.82 Å². The minimum atomic E-state index is 0.0133. The molecule has 0 bridgehead atoms. The number of hydrogen-bond donors (Lipinski definition) is 1. The minimum Gasteiger partial charge on any atom is -0.339 e. The first-order valence-electron chi connectivity index (χ1n) is 7.68. The molecule has 1 saturated heterocycles. The molecule has 0 atom stereocenters. The van der Waals surface area contributed by atoms with Crippen LogP contribution in [0.5, 0.6) is 0 Å². The molecule has 2 aromatic rings. The number of likely N-dealkylation sites (tertiary alicyclic amines) is 1. The molecule has 0 aliphatic carbocycles. The van der Waals surface area contributed by atoms with E-state index in [1.807, 2.05) is 31.2 Å². The summed E-state index contributed by atoms with van der Waals surface area (Å²) in [6, 6.07) is 7.58. The van der Waals surface area contributed by atoms with Crippen LogP contribution in [0.2, 0.25) is 0 Å². The number of carbonyl (C=O) groups is 1. The second-order valence-corrected chi connectivity index (χ2v) is 6.70. The maximum atomic E-state index is 12.1. The van der Waals surface area contributed by atoms with Crippen LogP contribution in [0.1, 0.15) is 30.5 Å². The normalized spacial score (nSPS) is 16.4. The Labute approximate surface area is 143 Å². The molecule has 1 aliphatic heterocycles. The predicted molar refractivity (Wildman–Crippen MR) is 90.2 cm³/mol. The largest absolute Gasteiger partial charge is 0.339 e. The average Bonchev–Trinajstić information content (AvgIpc) is 2.97. The lowest BCUT2D eigenvalue weighted by atomic mass is 9.97. The van der Waals surface area contributed by atoms with Crippen molar-refractivity contribution in [3.05, 3.63) is 40.5 Å². The summed E-state index contributed by atoms with van der Waals surface area (Å²) in [7, 11) is 0. The molecule has 0 saturated carbocycles. The fourth-order valence-electron chi connectivity index (χ4n) is 2.75. The number of anilines is 1.